The van der Waals surface area contributed by atoms with Crippen molar-refractivity contribution in [2.75, 3.05) is 5.73 Å². The van der Waals surface area contributed by atoms with Gasteiger partial charge in [0.2, 0.25) is 0 Å². The molecule has 0 unspecified atom stereocenters. The van der Waals surface area contributed by atoms with Gasteiger partial charge in [-0.1, -0.05) is 30.3 Å². The number of rotatable bonds is 4. The van der Waals surface area contributed by atoms with Crippen molar-refractivity contribution in [3.05, 3.63) is 53.9 Å². The molecule has 0 aliphatic heterocycles. The highest BCUT2D eigenvalue weighted by atomic mass is 16.1. The molecule has 3 rings (SSSR count). The third kappa shape index (κ3) is 2.62. The Hall–Kier alpha value is -2.23. The summed E-state index contributed by atoms with van der Waals surface area (Å²) in [5.41, 5.74) is 8.19. The number of hydrogen-bond donors (Lipinski definition) is 2. The largest absolute Gasteiger partial charge is 0.397 e. The smallest absolute Gasteiger partial charge is 0.268 e. The topological polar surface area (TPSA) is 60.1 Å². The van der Waals surface area contributed by atoms with Gasteiger partial charge in [-0.25, -0.2) is 0 Å². The first-order chi connectivity index (χ1) is 9.24. The van der Waals surface area contributed by atoms with Gasteiger partial charge in [0, 0.05) is 18.8 Å². The van der Waals surface area contributed by atoms with Crippen LogP contribution in [0.5, 0.6) is 0 Å². The van der Waals surface area contributed by atoms with Crippen molar-refractivity contribution in [1.29, 1.82) is 0 Å². The SMILES string of the molecule is Nc1cc(C(=O)NCc2ccccc2)n(C2CC2)c1. The molecular formula is C15H17N3O. The zero-order valence-electron chi connectivity index (χ0n) is 10.7. The summed E-state index contributed by atoms with van der Waals surface area (Å²) in [6.07, 6.45) is 4.12. The molecule has 0 bridgehead atoms. The maximum atomic E-state index is 12.2. The van der Waals surface area contributed by atoms with Gasteiger partial charge >= 0.3 is 0 Å². The Morgan fingerprint density at radius 1 is 1.32 bits per heavy atom. The molecule has 0 radical (unpaired) electrons. The van der Waals surface area contributed by atoms with E-state index < -0.39 is 0 Å². The van der Waals surface area contributed by atoms with E-state index in [1.807, 2.05) is 41.1 Å². The summed E-state index contributed by atoms with van der Waals surface area (Å²) in [7, 11) is 0. The summed E-state index contributed by atoms with van der Waals surface area (Å²) < 4.78 is 2.00. The van der Waals surface area contributed by atoms with Crippen LogP contribution in [0.15, 0.2) is 42.6 Å². The standard InChI is InChI=1S/C15H17N3O/c16-12-8-14(18(10-12)13-6-7-13)15(19)17-9-11-4-2-1-3-5-11/h1-5,8,10,13H,6-7,9,16H2,(H,17,19). The Balaban J connectivity index is 1.70. The average molecular weight is 255 g/mol. The van der Waals surface area contributed by atoms with Gasteiger partial charge in [-0.2, -0.15) is 0 Å². The minimum Gasteiger partial charge on any atom is -0.397 e. The molecule has 0 saturated heterocycles. The van der Waals surface area contributed by atoms with Crippen LogP contribution in [0.3, 0.4) is 0 Å². The van der Waals surface area contributed by atoms with E-state index in [9.17, 15) is 4.79 Å². The fourth-order valence-corrected chi connectivity index (χ4v) is 2.21. The minimum absolute atomic E-state index is 0.0625. The summed E-state index contributed by atoms with van der Waals surface area (Å²) in [4.78, 5) is 12.2. The van der Waals surface area contributed by atoms with Gasteiger partial charge in [0.1, 0.15) is 5.69 Å². The molecule has 4 heteroatoms. The van der Waals surface area contributed by atoms with Crippen molar-refractivity contribution >= 4 is 11.6 Å². The Morgan fingerprint density at radius 2 is 2.05 bits per heavy atom. The summed E-state index contributed by atoms with van der Waals surface area (Å²) in [6, 6.07) is 12.1. The lowest BCUT2D eigenvalue weighted by Crippen LogP contribution is -2.25. The van der Waals surface area contributed by atoms with Crippen molar-refractivity contribution in [2.24, 2.45) is 0 Å². The third-order valence-corrected chi connectivity index (χ3v) is 3.34. The Labute approximate surface area is 112 Å². The highest BCUT2D eigenvalue weighted by Crippen LogP contribution is 2.37. The number of benzene rings is 1. The lowest BCUT2D eigenvalue weighted by atomic mass is 10.2. The molecule has 1 aliphatic rings. The summed E-state index contributed by atoms with van der Waals surface area (Å²) in [5, 5.41) is 2.94. The number of nitrogens with zero attached hydrogens (tertiary/aromatic N) is 1. The molecule has 4 nitrogen and oxygen atoms in total. The number of nitrogens with two attached hydrogens (primary N) is 1. The summed E-state index contributed by atoms with van der Waals surface area (Å²) in [6.45, 7) is 0.537. The van der Waals surface area contributed by atoms with E-state index in [0.29, 0.717) is 24.0 Å². The number of anilines is 1. The van der Waals surface area contributed by atoms with E-state index in [-0.39, 0.29) is 5.91 Å². The first kappa shape index (κ1) is 11.8. The lowest BCUT2D eigenvalue weighted by Gasteiger charge is -2.08. The molecule has 0 spiro atoms. The van der Waals surface area contributed by atoms with Gasteiger partial charge in [0.25, 0.3) is 5.91 Å². The molecule has 98 valence electrons. The second-order valence-corrected chi connectivity index (χ2v) is 4.97. The van der Waals surface area contributed by atoms with Crippen molar-refractivity contribution in [1.82, 2.24) is 9.88 Å². The number of carbonyl (C=O) groups excluding carboxylic acids is 1. The first-order valence-electron chi connectivity index (χ1n) is 6.53. The average Bonchev–Trinajstić information content (AvgIpc) is 3.20. The van der Waals surface area contributed by atoms with Crippen LogP contribution in [-0.2, 0) is 6.54 Å². The highest BCUT2D eigenvalue weighted by molar-refractivity contribution is 5.93. The predicted octanol–water partition coefficient (Wildman–Crippen LogP) is 2.34. The molecule has 1 aromatic carbocycles. The van der Waals surface area contributed by atoms with Crippen LogP contribution in [0.25, 0.3) is 0 Å². The van der Waals surface area contributed by atoms with Crippen molar-refractivity contribution in [3.63, 3.8) is 0 Å². The zero-order chi connectivity index (χ0) is 13.2. The van der Waals surface area contributed by atoms with Crippen molar-refractivity contribution in [2.45, 2.75) is 25.4 Å². The maximum absolute atomic E-state index is 12.2. The summed E-state index contributed by atoms with van der Waals surface area (Å²) >= 11 is 0. The monoisotopic (exact) mass is 255 g/mol. The van der Waals surface area contributed by atoms with Crippen LogP contribution < -0.4 is 11.1 Å². The quantitative estimate of drug-likeness (QED) is 0.881. The van der Waals surface area contributed by atoms with Crippen LogP contribution in [0.4, 0.5) is 5.69 Å². The van der Waals surface area contributed by atoms with Crippen LogP contribution in [0.1, 0.15) is 34.9 Å². The van der Waals surface area contributed by atoms with Crippen LogP contribution in [0, 0.1) is 0 Å². The van der Waals surface area contributed by atoms with Crippen molar-refractivity contribution in [3.8, 4) is 0 Å². The molecule has 1 heterocycles. The number of hydrogen-bond acceptors (Lipinski definition) is 2. The van der Waals surface area contributed by atoms with E-state index >= 15 is 0 Å². The molecule has 3 N–H and O–H groups in total. The van der Waals surface area contributed by atoms with E-state index in [1.165, 1.54) is 0 Å². The van der Waals surface area contributed by atoms with Gasteiger partial charge < -0.3 is 15.6 Å². The Bertz CT molecular complexity index is 585. The van der Waals surface area contributed by atoms with E-state index in [4.69, 9.17) is 5.73 Å². The van der Waals surface area contributed by atoms with Crippen molar-refractivity contribution < 1.29 is 4.79 Å². The molecular weight excluding hydrogens is 238 g/mol. The first-order valence-corrected chi connectivity index (χ1v) is 6.53. The Kier molecular flexibility index (Phi) is 2.99. The number of nitrogens with one attached hydrogen (secondary N) is 1. The van der Waals surface area contributed by atoms with Gasteiger partial charge in [0.05, 0.1) is 5.69 Å². The second-order valence-electron chi connectivity index (χ2n) is 4.97. The molecule has 1 fully saturated rings. The molecule has 1 saturated carbocycles. The molecule has 1 aliphatic carbocycles. The molecule has 19 heavy (non-hydrogen) atoms. The normalized spacial score (nSPS) is 14.3. The number of aromatic nitrogens is 1. The predicted molar refractivity (Wildman–Crippen MR) is 74.7 cm³/mol. The number of carbonyl (C=O) groups is 1. The Morgan fingerprint density at radius 3 is 2.74 bits per heavy atom. The fourth-order valence-electron chi connectivity index (χ4n) is 2.21. The minimum atomic E-state index is -0.0625. The summed E-state index contributed by atoms with van der Waals surface area (Å²) in [5.74, 6) is -0.0625. The number of amides is 1. The van der Waals surface area contributed by atoms with Crippen LogP contribution >= 0.6 is 0 Å². The van der Waals surface area contributed by atoms with Gasteiger partial charge in [-0.05, 0) is 24.5 Å². The number of nitrogen functional groups attached to an aromatic ring is 1. The maximum Gasteiger partial charge on any atom is 0.268 e. The molecule has 2 aromatic rings. The molecule has 1 aromatic heterocycles. The molecule has 0 atom stereocenters. The third-order valence-electron chi connectivity index (χ3n) is 3.34. The van der Waals surface area contributed by atoms with E-state index in [2.05, 4.69) is 5.32 Å². The highest BCUT2D eigenvalue weighted by Gasteiger charge is 2.27. The zero-order valence-corrected chi connectivity index (χ0v) is 10.7. The van der Waals surface area contributed by atoms with Crippen LogP contribution in [0.2, 0.25) is 0 Å². The van der Waals surface area contributed by atoms with Crippen LogP contribution in [-0.4, -0.2) is 10.5 Å². The van der Waals surface area contributed by atoms with Gasteiger partial charge in [0.15, 0.2) is 0 Å². The fraction of sp³-hybridized carbons (Fsp3) is 0.267. The van der Waals surface area contributed by atoms with E-state index in [1.54, 1.807) is 6.07 Å². The van der Waals surface area contributed by atoms with Gasteiger partial charge in [-0.3, -0.25) is 4.79 Å². The lowest BCUT2D eigenvalue weighted by molar-refractivity contribution is 0.0941. The molecule has 1 amide bonds. The second kappa shape index (κ2) is 4.80. The van der Waals surface area contributed by atoms with Gasteiger partial charge in [-0.15, -0.1) is 0 Å². The van der Waals surface area contributed by atoms with E-state index in [0.717, 1.165) is 18.4 Å².